The molecular weight excluding hydrogens is 208 g/mol. The molecule has 0 aliphatic carbocycles. The highest BCUT2D eigenvalue weighted by atomic mass is 35.5. The number of hydrogen-bond acceptors (Lipinski definition) is 1. The number of hydrogen-bond donors (Lipinski definition) is 0. The number of rotatable bonds is 2. The summed E-state index contributed by atoms with van der Waals surface area (Å²) in [5.74, 6) is 0. The molecule has 0 bridgehead atoms. The molecule has 1 rings (SSSR count). The van der Waals surface area contributed by atoms with Crippen LogP contribution in [0.1, 0.15) is 29.2 Å². The summed E-state index contributed by atoms with van der Waals surface area (Å²) in [6.45, 7) is 7.83. The average molecular weight is 223 g/mol. The minimum Gasteiger partial charge on any atom is -0.298 e. The number of carbonyl (C=O) groups excluding carboxylic acids is 1. The maximum atomic E-state index is 10.6. The molecule has 0 N–H and O–H groups in total. The van der Waals surface area contributed by atoms with Crippen LogP contribution >= 0.6 is 11.6 Å². The van der Waals surface area contributed by atoms with E-state index >= 15 is 0 Å². The average Bonchev–Trinajstić information content (AvgIpc) is 2.21. The lowest BCUT2D eigenvalue weighted by molar-refractivity contribution is -0.104. The lowest BCUT2D eigenvalue weighted by atomic mass is 9.99. The normalized spacial score (nSPS) is 12.3. The van der Waals surface area contributed by atoms with Gasteiger partial charge in [0.25, 0.3) is 0 Å². The van der Waals surface area contributed by atoms with E-state index in [0.717, 1.165) is 17.4 Å². The number of carbonyl (C=O) groups is 1. The molecule has 80 valence electrons. The second kappa shape index (κ2) is 4.63. The summed E-state index contributed by atoms with van der Waals surface area (Å²) < 4.78 is 0. The first-order valence-corrected chi connectivity index (χ1v) is 5.25. The molecule has 0 fully saturated rings. The Kier molecular flexibility index (Phi) is 3.70. The molecule has 2 heteroatoms. The fourth-order valence-corrected chi connectivity index (χ4v) is 1.71. The van der Waals surface area contributed by atoms with Gasteiger partial charge in [-0.2, -0.15) is 0 Å². The van der Waals surface area contributed by atoms with Gasteiger partial charge in [-0.3, -0.25) is 4.79 Å². The summed E-state index contributed by atoms with van der Waals surface area (Å²) >= 11 is 6.13. The molecule has 0 heterocycles. The van der Waals surface area contributed by atoms with Crippen LogP contribution in [-0.2, 0) is 4.79 Å². The number of aryl methyl sites for hydroxylation is 3. The number of benzene rings is 1. The largest absolute Gasteiger partial charge is 0.298 e. The second-order valence-corrected chi connectivity index (χ2v) is 4.24. The van der Waals surface area contributed by atoms with Gasteiger partial charge in [0, 0.05) is 5.57 Å². The van der Waals surface area contributed by atoms with Crippen molar-refractivity contribution in [2.24, 2.45) is 0 Å². The Balaban J connectivity index is 3.39. The lowest BCUT2D eigenvalue weighted by Crippen LogP contribution is -1.92. The molecule has 0 saturated heterocycles. The molecule has 0 aromatic heterocycles. The van der Waals surface area contributed by atoms with Crippen LogP contribution in [0, 0.1) is 20.8 Å². The number of aldehydes is 1. The molecule has 0 aliphatic heterocycles. The third-order valence-corrected chi connectivity index (χ3v) is 3.10. The van der Waals surface area contributed by atoms with Gasteiger partial charge in [0.15, 0.2) is 0 Å². The molecule has 0 amide bonds. The van der Waals surface area contributed by atoms with Crippen molar-refractivity contribution in [1.29, 1.82) is 0 Å². The van der Waals surface area contributed by atoms with E-state index in [2.05, 4.69) is 13.0 Å². The highest BCUT2D eigenvalue weighted by Gasteiger charge is 2.07. The fraction of sp³-hybridized carbons (Fsp3) is 0.308. The van der Waals surface area contributed by atoms with E-state index in [1.165, 1.54) is 11.1 Å². The van der Waals surface area contributed by atoms with Gasteiger partial charge in [-0.25, -0.2) is 0 Å². The molecule has 1 nitrogen and oxygen atoms in total. The highest BCUT2D eigenvalue weighted by Crippen LogP contribution is 2.27. The van der Waals surface area contributed by atoms with Crippen molar-refractivity contribution in [3.63, 3.8) is 0 Å². The first kappa shape index (κ1) is 12.0. The van der Waals surface area contributed by atoms with E-state index in [1.54, 1.807) is 6.92 Å². The van der Waals surface area contributed by atoms with Crippen LogP contribution in [0.15, 0.2) is 17.7 Å². The van der Waals surface area contributed by atoms with Crippen LogP contribution in [0.2, 0.25) is 0 Å². The van der Waals surface area contributed by atoms with E-state index in [9.17, 15) is 4.79 Å². The van der Waals surface area contributed by atoms with Crippen molar-refractivity contribution in [1.82, 2.24) is 0 Å². The minimum atomic E-state index is 0.547. The van der Waals surface area contributed by atoms with Crippen molar-refractivity contribution >= 4 is 22.9 Å². The molecule has 0 unspecified atom stereocenters. The lowest BCUT2D eigenvalue weighted by Gasteiger charge is -2.09. The zero-order chi connectivity index (χ0) is 11.6. The van der Waals surface area contributed by atoms with Gasteiger partial charge in [-0.15, -0.1) is 0 Å². The van der Waals surface area contributed by atoms with Crippen molar-refractivity contribution in [3.8, 4) is 0 Å². The Morgan fingerprint density at radius 3 is 2.20 bits per heavy atom. The number of allylic oxidation sites excluding steroid dienone is 1. The smallest absolute Gasteiger partial charge is 0.147 e. The Hall–Kier alpha value is -1.08. The van der Waals surface area contributed by atoms with Gasteiger partial charge in [0.05, 0.1) is 5.03 Å². The minimum absolute atomic E-state index is 0.547. The summed E-state index contributed by atoms with van der Waals surface area (Å²) in [4.78, 5) is 10.6. The van der Waals surface area contributed by atoms with Gasteiger partial charge < -0.3 is 0 Å². The molecule has 15 heavy (non-hydrogen) atoms. The first-order valence-electron chi connectivity index (χ1n) is 4.87. The molecule has 0 aliphatic rings. The quantitative estimate of drug-likeness (QED) is 0.550. The molecule has 0 saturated carbocycles. The SMILES string of the molecule is CC(C=O)=C(Cl)c1cc(C)c(C)cc1C. The maximum absolute atomic E-state index is 10.6. The molecule has 0 spiro atoms. The Labute approximate surface area is 95.8 Å². The third kappa shape index (κ3) is 2.48. The molecule has 1 aromatic rings. The van der Waals surface area contributed by atoms with Crippen LogP contribution in [0.3, 0.4) is 0 Å². The predicted molar refractivity (Wildman–Crippen MR) is 65.2 cm³/mol. The van der Waals surface area contributed by atoms with E-state index in [0.29, 0.717) is 10.6 Å². The van der Waals surface area contributed by atoms with Gasteiger partial charge in [0.2, 0.25) is 0 Å². The summed E-state index contributed by atoms with van der Waals surface area (Å²) in [5.41, 5.74) is 5.05. The summed E-state index contributed by atoms with van der Waals surface area (Å²) in [7, 11) is 0. The number of halogens is 1. The Bertz CT molecular complexity index is 430. The third-order valence-electron chi connectivity index (χ3n) is 2.60. The summed E-state index contributed by atoms with van der Waals surface area (Å²) in [6, 6.07) is 4.12. The topological polar surface area (TPSA) is 17.1 Å². The van der Waals surface area contributed by atoms with Crippen LogP contribution in [0.25, 0.3) is 5.03 Å². The van der Waals surface area contributed by atoms with Gasteiger partial charge in [-0.1, -0.05) is 23.7 Å². The van der Waals surface area contributed by atoms with Gasteiger partial charge >= 0.3 is 0 Å². The van der Waals surface area contributed by atoms with Crippen LogP contribution in [0.4, 0.5) is 0 Å². The molecule has 0 atom stereocenters. The zero-order valence-corrected chi connectivity index (χ0v) is 10.3. The Morgan fingerprint density at radius 1 is 1.13 bits per heavy atom. The van der Waals surface area contributed by atoms with Gasteiger partial charge in [-0.05, 0) is 49.9 Å². The van der Waals surface area contributed by atoms with E-state index in [4.69, 9.17) is 11.6 Å². The second-order valence-electron chi connectivity index (χ2n) is 3.87. The zero-order valence-electron chi connectivity index (χ0n) is 9.52. The van der Waals surface area contributed by atoms with Crippen molar-refractivity contribution in [3.05, 3.63) is 40.0 Å². The van der Waals surface area contributed by atoms with Crippen molar-refractivity contribution < 1.29 is 4.79 Å². The van der Waals surface area contributed by atoms with Crippen LogP contribution < -0.4 is 0 Å². The maximum Gasteiger partial charge on any atom is 0.147 e. The standard InChI is InChI=1S/C13H15ClO/c1-8-5-10(3)12(6-9(8)2)13(14)11(4)7-15/h5-7H,1-4H3. The summed E-state index contributed by atoms with van der Waals surface area (Å²) in [5, 5.41) is 0.547. The predicted octanol–water partition coefficient (Wildman–Crippen LogP) is 3.78. The first-order chi connectivity index (χ1) is 6.97. The summed E-state index contributed by atoms with van der Waals surface area (Å²) in [6.07, 6.45) is 0.789. The molecular formula is C13H15ClO. The molecule has 0 radical (unpaired) electrons. The van der Waals surface area contributed by atoms with Gasteiger partial charge in [0.1, 0.15) is 6.29 Å². The van der Waals surface area contributed by atoms with E-state index in [-0.39, 0.29) is 0 Å². The molecule has 1 aromatic carbocycles. The monoisotopic (exact) mass is 222 g/mol. The van der Waals surface area contributed by atoms with Crippen LogP contribution in [0.5, 0.6) is 0 Å². The van der Waals surface area contributed by atoms with Crippen molar-refractivity contribution in [2.75, 3.05) is 0 Å². The van der Waals surface area contributed by atoms with E-state index in [1.807, 2.05) is 19.9 Å². The van der Waals surface area contributed by atoms with E-state index < -0.39 is 0 Å². The van der Waals surface area contributed by atoms with Crippen LogP contribution in [-0.4, -0.2) is 6.29 Å². The Morgan fingerprint density at radius 2 is 1.67 bits per heavy atom. The van der Waals surface area contributed by atoms with Crippen molar-refractivity contribution in [2.45, 2.75) is 27.7 Å². The fourth-order valence-electron chi connectivity index (χ4n) is 1.46. The highest BCUT2D eigenvalue weighted by molar-refractivity contribution is 6.50.